The van der Waals surface area contributed by atoms with Crippen molar-refractivity contribution >= 4 is 5.71 Å². The summed E-state index contributed by atoms with van der Waals surface area (Å²) in [4.78, 5) is 4.59. The molecule has 2 atom stereocenters. The van der Waals surface area contributed by atoms with E-state index in [9.17, 15) is 0 Å². The highest BCUT2D eigenvalue weighted by molar-refractivity contribution is 6.01. The zero-order valence-electron chi connectivity index (χ0n) is 11.0. The number of hydrogen-bond acceptors (Lipinski definition) is 1. The van der Waals surface area contributed by atoms with Crippen LogP contribution in [0.2, 0.25) is 0 Å². The standard InChI is InChI=1S/C15H23N/c1-10-6-14(16-9-10)13-7-12(13)11(2)8-15(3,4)5/h6,12-13H,2,7-9H2,1,3-5H3. The average molecular weight is 217 g/mol. The van der Waals surface area contributed by atoms with Crippen molar-refractivity contribution < 1.29 is 0 Å². The summed E-state index contributed by atoms with van der Waals surface area (Å²) in [5, 5.41) is 0. The van der Waals surface area contributed by atoms with Crippen LogP contribution >= 0.6 is 0 Å². The molecule has 1 fully saturated rings. The smallest absolute Gasteiger partial charge is 0.0604 e. The Morgan fingerprint density at radius 2 is 2.19 bits per heavy atom. The van der Waals surface area contributed by atoms with Gasteiger partial charge in [-0.3, -0.25) is 4.99 Å². The predicted molar refractivity (Wildman–Crippen MR) is 70.9 cm³/mol. The third-order valence-electron chi connectivity index (χ3n) is 3.36. The van der Waals surface area contributed by atoms with E-state index in [2.05, 4.69) is 45.3 Å². The Morgan fingerprint density at radius 1 is 1.50 bits per heavy atom. The number of hydrogen-bond donors (Lipinski definition) is 0. The molecule has 2 unspecified atom stereocenters. The highest BCUT2D eigenvalue weighted by Gasteiger charge is 2.42. The minimum atomic E-state index is 0.369. The van der Waals surface area contributed by atoms with Crippen LogP contribution in [0.3, 0.4) is 0 Å². The molecule has 0 amide bonds. The normalized spacial score (nSPS) is 28.8. The Hall–Kier alpha value is -0.850. The van der Waals surface area contributed by atoms with Gasteiger partial charge in [-0.2, -0.15) is 0 Å². The first-order valence-corrected chi connectivity index (χ1v) is 6.26. The highest BCUT2D eigenvalue weighted by atomic mass is 14.8. The molecule has 1 heteroatoms. The van der Waals surface area contributed by atoms with Crippen LogP contribution in [-0.4, -0.2) is 12.3 Å². The van der Waals surface area contributed by atoms with E-state index in [1.807, 2.05) is 0 Å². The lowest BCUT2D eigenvalue weighted by Crippen LogP contribution is -2.08. The molecule has 16 heavy (non-hydrogen) atoms. The first kappa shape index (κ1) is 11.6. The molecule has 0 N–H and O–H groups in total. The van der Waals surface area contributed by atoms with E-state index in [-0.39, 0.29) is 0 Å². The van der Waals surface area contributed by atoms with Crippen molar-refractivity contribution in [3.8, 4) is 0 Å². The molecule has 1 saturated carbocycles. The fraction of sp³-hybridized carbons (Fsp3) is 0.667. The van der Waals surface area contributed by atoms with Crippen LogP contribution in [-0.2, 0) is 0 Å². The molecule has 0 aromatic heterocycles. The summed E-state index contributed by atoms with van der Waals surface area (Å²) in [6.07, 6.45) is 4.69. The maximum Gasteiger partial charge on any atom is 0.0604 e. The van der Waals surface area contributed by atoms with Crippen LogP contribution in [0, 0.1) is 17.3 Å². The van der Waals surface area contributed by atoms with Crippen molar-refractivity contribution in [3.63, 3.8) is 0 Å². The minimum absolute atomic E-state index is 0.369. The van der Waals surface area contributed by atoms with Crippen LogP contribution in [0.1, 0.15) is 40.5 Å². The van der Waals surface area contributed by atoms with Gasteiger partial charge in [0.25, 0.3) is 0 Å². The number of allylic oxidation sites excluding steroid dienone is 2. The van der Waals surface area contributed by atoms with E-state index in [1.54, 1.807) is 0 Å². The van der Waals surface area contributed by atoms with Gasteiger partial charge < -0.3 is 0 Å². The number of nitrogens with zero attached hydrogens (tertiary/aromatic N) is 1. The van der Waals surface area contributed by atoms with Gasteiger partial charge in [0.2, 0.25) is 0 Å². The van der Waals surface area contributed by atoms with Crippen molar-refractivity contribution in [2.75, 3.05) is 6.54 Å². The summed E-state index contributed by atoms with van der Waals surface area (Å²) in [5.74, 6) is 1.40. The van der Waals surface area contributed by atoms with Gasteiger partial charge in [0.15, 0.2) is 0 Å². The summed E-state index contributed by atoms with van der Waals surface area (Å²) in [7, 11) is 0. The maximum atomic E-state index is 4.59. The zero-order chi connectivity index (χ0) is 11.9. The van der Waals surface area contributed by atoms with Gasteiger partial charge >= 0.3 is 0 Å². The number of rotatable bonds is 3. The largest absolute Gasteiger partial charge is 0.285 e. The maximum absolute atomic E-state index is 4.59. The van der Waals surface area contributed by atoms with E-state index in [0.29, 0.717) is 17.3 Å². The molecular weight excluding hydrogens is 194 g/mol. The van der Waals surface area contributed by atoms with Gasteiger partial charge in [0, 0.05) is 11.6 Å². The van der Waals surface area contributed by atoms with Gasteiger partial charge in [0.1, 0.15) is 0 Å². The second kappa shape index (κ2) is 3.87. The van der Waals surface area contributed by atoms with Crippen LogP contribution in [0.5, 0.6) is 0 Å². The van der Waals surface area contributed by atoms with Crippen LogP contribution in [0.25, 0.3) is 0 Å². The SMILES string of the molecule is C=C(CC(C)(C)C)C1CC1C1=NCC(C)=C1. The fourth-order valence-corrected chi connectivity index (χ4v) is 2.57. The van der Waals surface area contributed by atoms with Gasteiger partial charge in [-0.05, 0) is 37.2 Å². The van der Waals surface area contributed by atoms with E-state index in [1.165, 1.54) is 23.3 Å². The van der Waals surface area contributed by atoms with Gasteiger partial charge in [-0.25, -0.2) is 0 Å². The van der Waals surface area contributed by atoms with Gasteiger partial charge in [-0.15, -0.1) is 0 Å². The first-order valence-electron chi connectivity index (χ1n) is 6.26. The quantitative estimate of drug-likeness (QED) is 0.633. The van der Waals surface area contributed by atoms with Crippen molar-refractivity contribution in [1.82, 2.24) is 0 Å². The lowest BCUT2D eigenvalue weighted by molar-refractivity contribution is 0.402. The summed E-state index contributed by atoms with van der Waals surface area (Å²) >= 11 is 0. The van der Waals surface area contributed by atoms with Gasteiger partial charge in [0.05, 0.1) is 6.54 Å². The Kier molecular flexibility index (Phi) is 2.81. The van der Waals surface area contributed by atoms with Crippen molar-refractivity contribution in [2.24, 2.45) is 22.2 Å². The molecule has 1 aliphatic heterocycles. The Balaban J connectivity index is 1.90. The van der Waals surface area contributed by atoms with Gasteiger partial charge in [-0.1, -0.05) is 38.5 Å². The fourth-order valence-electron chi connectivity index (χ4n) is 2.57. The van der Waals surface area contributed by atoms with Crippen LogP contribution in [0.4, 0.5) is 0 Å². The van der Waals surface area contributed by atoms with Crippen LogP contribution < -0.4 is 0 Å². The number of aliphatic imine (C=N–C) groups is 1. The minimum Gasteiger partial charge on any atom is -0.285 e. The summed E-state index contributed by atoms with van der Waals surface area (Å²) in [6, 6.07) is 0. The molecule has 0 spiro atoms. The van der Waals surface area contributed by atoms with E-state index >= 15 is 0 Å². The topological polar surface area (TPSA) is 12.4 Å². The molecule has 88 valence electrons. The second-order valence-electron chi connectivity index (χ2n) is 6.58. The molecule has 0 aromatic carbocycles. The molecule has 2 rings (SSSR count). The van der Waals surface area contributed by atoms with Crippen molar-refractivity contribution in [3.05, 3.63) is 23.8 Å². The summed E-state index contributed by atoms with van der Waals surface area (Å²) < 4.78 is 0. The first-order chi connectivity index (χ1) is 7.37. The third kappa shape index (κ3) is 2.63. The Bertz CT molecular complexity index is 365. The predicted octanol–water partition coefficient (Wildman–Crippen LogP) is 4.02. The third-order valence-corrected chi connectivity index (χ3v) is 3.36. The molecule has 1 nitrogen and oxygen atoms in total. The molecule has 0 saturated heterocycles. The molecule has 0 bridgehead atoms. The van der Waals surface area contributed by atoms with E-state index < -0.39 is 0 Å². The van der Waals surface area contributed by atoms with E-state index in [4.69, 9.17) is 0 Å². The summed E-state index contributed by atoms with van der Waals surface area (Å²) in [5.41, 5.74) is 4.53. The molecule has 1 aliphatic carbocycles. The lowest BCUT2D eigenvalue weighted by Gasteiger charge is -2.19. The molecule has 0 aromatic rings. The average Bonchev–Trinajstić information content (AvgIpc) is 2.81. The monoisotopic (exact) mass is 217 g/mol. The van der Waals surface area contributed by atoms with E-state index in [0.717, 1.165) is 13.0 Å². The zero-order valence-corrected chi connectivity index (χ0v) is 11.0. The molecule has 1 heterocycles. The van der Waals surface area contributed by atoms with Crippen molar-refractivity contribution in [2.45, 2.75) is 40.5 Å². The second-order valence-corrected chi connectivity index (χ2v) is 6.58. The highest BCUT2D eigenvalue weighted by Crippen LogP contribution is 2.48. The van der Waals surface area contributed by atoms with Crippen molar-refractivity contribution in [1.29, 1.82) is 0 Å². The molecular formula is C15H23N. The Morgan fingerprint density at radius 3 is 2.69 bits per heavy atom. The molecule has 2 aliphatic rings. The molecule has 0 radical (unpaired) electrons. The lowest BCUT2D eigenvalue weighted by atomic mass is 9.86. The summed E-state index contributed by atoms with van der Waals surface area (Å²) in [6.45, 7) is 14.2. The Labute approximate surface area is 99.4 Å². The van der Waals surface area contributed by atoms with Crippen LogP contribution in [0.15, 0.2) is 28.8 Å².